The average Bonchev–Trinajstić information content (AvgIpc) is 2.26. The second-order valence-corrected chi connectivity index (χ2v) is 4.23. The molecule has 0 aromatic heterocycles. The Kier molecular flexibility index (Phi) is 8.31. The van der Waals surface area contributed by atoms with E-state index in [4.69, 9.17) is 18.0 Å². The molecular weight excluding hydrogens is 238 g/mol. The first-order valence-electron chi connectivity index (χ1n) is 5.86. The van der Waals surface area contributed by atoms with E-state index in [2.05, 4.69) is 10.6 Å². The van der Waals surface area contributed by atoms with Crippen molar-refractivity contribution in [2.75, 3.05) is 13.1 Å². The molecule has 0 rings (SSSR count). The molecule has 0 aromatic rings. The van der Waals surface area contributed by atoms with Crippen molar-refractivity contribution in [2.24, 2.45) is 11.7 Å². The summed E-state index contributed by atoms with van der Waals surface area (Å²) in [6.45, 7) is 4.80. The molecule has 5 nitrogen and oxygen atoms in total. The van der Waals surface area contributed by atoms with E-state index in [1.165, 1.54) is 0 Å². The lowest BCUT2D eigenvalue weighted by molar-refractivity contribution is -0.123. The Bertz CT molecular complexity index is 282. The fourth-order valence-corrected chi connectivity index (χ4v) is 1.56. The van der Waals surface area contributed by atoms with Gasteiger partial charge in [-0.2, -0.15) is 0 Å². The summed E-state index contributed by atoms with van der Waals surface area (Å²) in [6, 6.07) is 0. The lowest BCUT2D eigenvalue weighted by Gasteiger charge is -2.13. The highest BCUT2D eigenvalue weighted by atomic mass is 32.1. The normalized spacial score (nSPS) is 11.6. The van der Waals surface area contributed by atoms with Gasteiger partial charge >= 0.3 is 0 Å². The van der Waals surface area contributed by atoms with Gasteiger partial charge in [0.2, 0.25) is 11.8 Å². The predicted octanol–water partition coefficient (Wildman–Crippen LogP) is 0.331. The van der Waals surface area contributed by atoms with E-state index in [0.717, 1.165) is 6.42 Å². The number of carbonyl (C=O) groups is 2. The molecule has 0 aliphatic rings. The molecule has 0 saturated carbocycles. The summed E-state index contributed by atoms with van der Waals surface area (Å²) in [5.41, 5.74) is 5.44. The van der Waals surface area contributed by atoms with Crippen molar-refractivity contribution in [2.45, 2.75) is 33.1 Å². The zero-order valence-corrected chi connectivity index (χ0v) is 11.2. The molecule has 1 unspecified atom stereocenters. The second kappa shape index (κ2) is 8.92. The van der Waals surface area contributed by atoms with Crippen molar-refractivity contribution in [3.8, 4) is 0 Å². The molecule has 0 fully saturated rings. The van der Waals surface area contributed by atoms with Crippen LogP contribution in [0.15, 0.2) is 0 Å². The van der Waals surface area contributed by atoms with Crippen LogP contribution in [0, 0.1) is 5.92 Å². The molecule has 0 aromatic carbocycles. The van der Waals surface area contributed by atoms with Crippen LogP contribution in [0.2, 0.25) is 0 Å². The largest absolute Gasteiger partial charge is 0.393 e. The molecule has 4 N–H and O–H groups in total. The van der Waals surface area contributed by atoms with Gasteiger partial charge in [0.1, 0.15) is 0 Å². The Balaban J connectivity index is 3.84. The van der Waals surface area contributed by atoms with Crippen LogP contribution < -0.4 is 16.4 Å². The zero-order valence-electron chi connectivity index (χ0n) is 10.4. The van der Waals surface area contributed by atoms with Crippen molar-refractivity contribution in [3.05, 3.63) is 0 Å². The highest BCUT2D eigenvalue weighted by Gasteiger charge is 2.18. The summed E-state index contributed by atoms with van der Waals surface area (Å²) in [4.78, 5) is 23.0. The third-order valence-electron chi connectivity index (χ3n) is 2.29. The van der Waals surface area contributed by atoms with Gasteiger partial charge in [-0.3, -0.25) is 9.59 Å². The molecule has 2 amide bonds. The molecule has 1 atom stereocenters. The summed E-state index contributed by atoms with van der Waals surface area (Å²) >= 11 is 4.79. The van der Waals surface area contributed by atoms with Crippen LogP contribution in [0.25, 0.3) is 0 Å². The molecule has 6 heteroatoms. The number of nitrogens with one attached hydrogen (secondary N) is 2. The van der Waals surface area contributed by atoms with E-state index in [1.54, 1.807) is 0 Å². The van der Waals surface area contributed by atoms with Gasteiger partial charge < -0.3 is 16.4 Å². The van der Waals surface area contributed by atoms with Crippen molar-refractivity contribution in [1.82, 2.24) is 10.6 Å². The fourth-order valence-electron chi connectivity index (χ4n) is 1.29. The van der Waals surface area contributed by atoms with E-state index in [9.17, 15) is 9.59 Å². The molecule has 0 heterocycles. The summed E-state index contributed by atoms with van der Waals surface area (Å²) in [7, 11) is 0. The monoisotopic (exact) mass is 259 g/mol. The van der Waals surface area contributed by atoms with Crippen molar-refractivity contribution in [3.63, 3.8) is 0 Å². The third-order valence-corrected chi connectivity index (χ3v) is 2.58. The number of hydrogen-bond donors (Lipinski definition) is 3. The van der Waals surface area contributed by atoms with Gasteiger partial charge in [0.15, 0.2) is 0 Å². The first-order valence-corrected chi connectivity index (χ1v) is 6.27. The van der Waals surface area contributed by atoms with Gasteiger partial charge in [0.25, 0.3) is 0 Å². The maximum absolute atomic E-state index is 11.6. The Hall–Kier alpha value is -1.17. The van der Waals surface area contributed by atoms with Crippen LogP contribution in [0.3, 0.4) is 0 Å². The number of rotatable bonds is 8. The summed E-state index contributed by atoms with van der Waals surface area (Å²) in [5.74, 6) is -0.706. The number of thiocarbonyl (C=S) groups is 1. The van der Waals surface area contributed by atoms with Crippen LogP contribution >= 0.6 is 12.2 Å². The molecule has 0 saturated heterocycles. The van der Waals surface area contributed by atoms with E-state index >= 15 is 0 Å². The standard InChI is InChI=1S/C11H21N3O2S/c1-3-6-13-9(15)5-7-14-11(16)8(4-2)10(12)17/h8H,3-7H2,1-2H3,(H2,12,17)(H,13,15)(H,14,16). The van der Waals surface area contributed by atoms with E-state index in [0.29, 0.717) is 19.5 Å². The van der Waals surface area contributed by atoms with Crippen LogP contribution in [0.4, 0.5) is 0 Å². The maximum atomic E-state index is 11.6. The third kappa shape index (κ3) is 6.88. The molecule has 0 spiro atoms. The van der Waals surface area contributed by atoms with Crippen molar-refractivity contribution in [1.29, 1.82) is 0 Å². The Morgan fingerprint density at radius 1 is 1.24 bits per heavy atom. The molecule has 0 aliphatic heterocycles. The number of carbonyl (C=O) groups excluding carboxylic acids is 2. The molecule has 0 radical (unpaired) electrons. The molecule has 0 aliphatic carbocycles. The minimum atomic E-state index is -0.441. The first-order chi connectivity index (χ1) is 8.02. The highest BCUT2D eigenvalue weighted by Crippen LogP contribution is 2.02. The van der Waals surface area contributed by atoms with Gasteiger partial charge in [-0.05, 0) is 12.8 Å². The average molecular weight is 259 g/mol. The zero-order chi connectivity index (χ0) is 13.3. The molecule has 98 valence electrons. The van der Waals surface area contributed by atoms with Gasteiger partial charge in [-0.25, -0.2) is 0 Å². The minimum Gasteiger partial charge on any atom is -0.393 e. The minimum absolute atomic E-state index is 0.0597. The second-order valence-electron chi connectivity index (χ2n) is 3.75. The molecule has 0 bridgehead atoms. The maximum Gasteiger partial charge on any atom is 0.229 e. The summed E-state index contributed by atoms with van der Waals surface area (Å²) in [5, 5.41) is 5.39. The fraction of sp³-hybridized carbons (Fsp3) is 0.727. The van der Waals surface area contributed by atoms with Gasteiger partial charge in [-0.15, -0.1) is 0 Å². The Morgan fingerprint density at radius 3 is 2.35 bits per heavy atom. The quantitative estimate of drug-likeness (QED) is 0.549. The smallest absolute Gasteiger partial charge is 0.229 e. The van der Waals surface area contributed by atoms with E-state index in [1.807, 2.05) is 13.8 Å². The SMILES string of the molecule is CCCNC(=O)CCNC(=O)C(CC)C(N)=S. The summed E-state index contributed by atoms with van der Waals surface area (Å²) < 4.78 is 0. The number of nitrogens with two attached hydrogens (primary N) is 1. The predicted molar refractivity (Wildman–Crippen MR) is 71.5 cm³/mol. The number of amides is 2. The Morgan fingerprint density at radius 2 is 1.88 bits per heavy atom. The van der Waals surface area contributed by atoms with Gasteiger partial charge in [-0.1, -0.05) is 26.1 Å². The highest BCUT2D eigenvalue weighted by molar-refractivity contribution is 7.80. The lowest BCUT2D eigenvalue weighted by atomic mass is 10.1. The van der Waals surface area contributed by atoms with Crippen LogP contribution in [0.1, 0.15) is 33.1 Å². The van der Waals surface area contributed by atoms with Crippen molar-refractivity contribution < 1.29 is 9.59 Å². The first kappa shape index (κ1) is 15.8. The van der Waals surface area contributed by atoms with E-state index < -0.39 is 5.92 Å². The Labute approximate surface area is 108 Å². The lowest BCUT2D eigenvalue weighted by Crippen LogP contribution is -2.39. The van der Waals surface area contributed by atoms with Crippen LogP contribution in [-0.2, 0) is 9.59 Å². The van der Waals surface area contributed by atoms with Crippen molar-refractivity contribution >= 4 is 29.0 Å². The van der Waals surface area contributed by atoms with Crippen LogP contribution in [-0.4, -0.2) is 29.9 Å². The van der Waals surface area contributed by atoms with E-state index in [-0.39, 0.29) is 23.2 Å². The van der Waals surface area contributed by atoms with Gasteiger partial charge in [0, 0.05) is 19.5 Å². The topological polar surface area (TPSA) is 84.2 Å². The van der Waals surface area contributed by atoms with Gasteiger partial charge in [0.05, 0.1) is 10.9 Å². The molecule has 17 heavy (non-hydrogen) atoms. The number of hydrogen-bond acceptors (Lipinski definition) is 3. The summed E-state index contributed by atoms with van der Waals surface area (Å²) in [6.07, 6.45) is 1.75. The van der Waals surface area contributed by atoms with Crippen LogP contribution in [0.5, 0.6) is 0 Å². The molecular formula is C11H21N3O2S.